The fraction of sp³-hybridized carbons (Fsp3) is 0.231. The van der Waals surface area contributed by atoms with Crippen molar-refractivity contribution < 1.29 is 0 Å². The molecule has 3 aromatic rings. The summed E-state index contributed by atoms with van der Waals surface area (Å²) >= 11 is 1.91. The van der Waals surface area contributed by atoms with Crippen molar-refractivity contribution in [1.29, 1.82) is 0 Å². The fourth-order valence-corrected chi connectivity index (χ4v) is 5.43. The van der Waals surface area contributed by atoms with Crippen molar-refractivity contribution in [2.24, 2.45) is 0 Å². The third kappa shape index (κ3) is 3.27. The predicted molar refractivity (Wildman–Crippen MR) is 121 cm³/mol. The minimum Gasteiger partial charge on any atom is -0.340 e. The molecule has 0 unspecified atom stereocenters. The molecule has 2 aliphatic rings. The van der Waals surface area contributed by atoms with Gasteiger partial charge in [0.2, 0.25) is 0 Å². The SMILES string of the molecule is CCCCN1c2ccccc2Sc2cc(C=C3Cc4ccccc4C3)ccc21. The van der Waals surface area contributed by atoms with Crippen molar-refractivity contribution in [3.63, 3.8) is 0 Å². The number of anilines is 2. The first kappa shape index (κ1) is 17.6. The van der Waals surface area contributed by atoms with Gasteiger partial charge in [0.1, 0.15) is 0 Å². The number of hydrogen-bond donors (Lipinski definition) is 0. The van der Waals surface area contributed by atoms with Gasteiger partial charge in [-0.05, 0) is 60.2 Å². The van der Waals surface area contributed by atoms with E-state index in [1.54, 1.807) is 0 Å². The van der Waals surface area contributed by atoms with Crippen LogP contribution in [-0.4, -0.2) is 6.54 Å². The number of benzene rings is 3. The molecule has 0 saturated heterocycles. The Labute approximate surface area is 172 Å². The molecule has 1 nitrogen and oxygen atoms in total. The van der Waals surface area contributed by atoms with Gasteiger partial charge in [0.05, 0.1) is 11.4 Å². The normalized spacial score (nSPS) is 14.5. The summed E-state index contributed by atoms with van der Waals surface area (Å²) in [7, 11) is 0. The van der Waals surface area contributed by atoms with Gasteiger partial charge in [0.15, 0.2) is 0 Å². The molecule has 0 amide bonds. The zero-order valence-corrected chi connectivity index (χ0v) is 17.1. The molecular weight excluding hydrogens is 358 g/mol. The molecule has 0 radical (unpaired) electrons. The number of para-hydroxylation sites is 1. The summed E-state index contributed by atoms with van der Waals surface area (Å²) in [5, 5.41) is 0. The minimum absolute atomic E-state index is 1.08. The Hall–Kier alpha value is -2.45. The van der Waals surface area contributed by atoms with Crippen LogP contribution < -0.4 is 4.90 Å². The van der Waals surface area contributed by atoms with E-state index in [0.29, 0.717) is 0 Å². The summed E-state index contributed by atoms with van der Waals surface area (Å²) < 4.78 is 0. The number of nitrogens with zero attached hydrogens (tertiary/aromatic N) is 1. The first-order valence-corrected chi connectivity index (χ1v) is 11.1. The Kier molecular flexibility index (Phi) is 4.74. The number of rotatable bonds is 4. The highest BCUT2D eigenvalue weighted by Crippen LogP contribution is 2.48. The highest BCUT2D eigenvalue weighted by Gasteiger charge is 2.23. The molecule has 0 bridgehead atoms. The molecule has 3 aromatic carbocycles. The first-order valence-electron chi connectivity index (χ1n) is 10.3. The average molecular weight is 384 g/mol. The molecule has 1 heterocycles. The summed E-state index contributed by atoms with van der Waals surface area (Å²) in [5.74, 6) is 0. The predicted octanol–water partition coefficient (Wildman–Crippen LogP) is 7.27. The zero-order valence-electron chi connectivity index (χ0n) is 16.3. The van der Waals surface area contributed by atoms with Gasteiger partial charge in [-0.3, -0.25) is 0 Å². The van der Waals surface area contributed by atoms with Crippen molar-refractivity contribution in [1.82, 2.24) is 0 Å². The molecule has 1 aliphatic heterocycles. The number of allylic oxidation sites excluding steroid dienone is 1. The molecule has 0 atom stereocenters. The Morgan fingerprint density at radius 3 is 2.36 bits per heavy atom. The van der Waals surface area contributed by atoms with Crippen LogP contribution in [0.3, 0.4) is 0 Å². The van der Waals surface area contributed by atoms with E-state index in [4.69, 9.17) is 0 Å². The first-order chi connectivity index (χ1) is 13.8. The molecule has 5 rings (SSSR count). The van der Waals surface area contributed by atoms with Crippen molar-refractivity contribution >= 4 is 29.2 Å². The van der Waals surface area contributed by atoms with Gasteiger partial charge in [0, 0.05) is 16.3 Å². The van der Waals surface area contributed by atoms with Crippen LogP contribution in [0.1, 0.15) is 36.5 Å². The van der Waals surface area contributed by atoms with E-state index in [-0.39, 0.29) is 0 Å². The monoisotopic (exact) mass is 383 g/mol. The van der Waals surface area contributed by atoms with Gasteiger partial charge in [0.25, 0.3) is 0 Å². The molecule has 140 valence electrons. The second kappa shape index (κ2) is 7.52. The van der Waals surface area contributed by atoms with Crippen LogP contribution in [0.5, 0.6) is 0 Å². The highest BCUT2D eigenvalue weighted by molar-refractivity contribution is 7.99. The molecule has 0 N–H and O–H groups in total. The molecule has 1 aliphatic carbocycles. The summed E-state index contributed by atoms with van der Waals surface area (Å²) in [6.45, 7) is 3.34. The number of hydrogen-bond acceptors (Lipinski definition) is 2. The van der Waals surface area contributed by atoms with E-state index >= 15 is 0 Å². The lowest BCUT2D eigenvalue weighted by atomic mass is 10.1. The zero-order chi connectivity index (χ0) is 18.9. The third-order valence-electron chi connectivity index (χ3n) is 5.71. The van der Waals surface area contributed by atoms with Crippen LogP contribution in [0.4, 0.5) is 11.4 Å². The van der Waals surface area contributed by atoms with Crippen molar-refractivity contribution in [3.05, 3.63) is 89.0 Å². The molecule has 0 aromatic heterocycles. The van der Waals surface area contributed by atoms with Crippen LogP contribution >= 0.6 is 11.8 Å². The smallest absolute Gasteiger partial charge is 0.0553 e. The molecule has 0 fully saturated rings. The second-order valence-corrected chi connectivity index (χ2v) is 8.81. The fourth-order valence-electron chi connectivity index (χ4n) is 4.29. The quantitative estimate of drug-likeness (QED) is 0.466. The van der Waals surface area contributed by atoms with Gasteiger partial charge in [-0.1, -0.05) is 79.2 Å². The van der Waals surface area contributed by atoms with Crippen LogP contribution in [0.2, 0.25) is 0 Å². The Morgan fingerprint density at radius 1 is 0.857 bits per heavy atom. The highest BCUT2D eigenvalue weighted by atomic mass is 32.2. The maximum absolute atomic E-state index is 2.51. The summed E-state index contributed by atoms with van der Waals surface area (Å²) in [5.41, 5.74) is 8.52. The van der Waals surface area contributed by atoms with Gasteiger partial charge < -0.3 is 4.90 Å². The Bertz CT molecular complexity index is 1020. The maximum atomic E-state index is 2.51. The average Bonchev–Trinajstić information content (AvgIpc) is 3.13. The summed E-state index contributed by atoms with van der Waals surface area (Å²) in [6, 6.07) is 24.6. The topological polar surface area (TPSA) is 3.24 Å². The molecule has 28 heavy (non-hydrogen) atoms. The molecular formula is C26H25NS. The summed E-state index contributed by atoms with van der Waals surface area (Å²) in [4.78, 5) is 5.25. The lowest BCUT2D eigenvalue weighted by Crippen LogP contribution is -2.21. The third-order valence-corrected chi connectivity index (χ3v) is 6.82. The van der Waals surface area contributed by atoms with E-state index in [0.717, 1.165) is 19.4 Å². The van der Waals surface area contributed by atoms with Crippen molar-refractivity contribution in [3.8, 4) is 0 Å². The molecule has 2 heteroatoms. The van der Waals surface area contributed by atoms with Crippen LogP contribution in [0.25, 0.3) is 6.08 Å². The Morgan fingerprint density at radius 2 is 1.57 bits per heavy atom. The number of fused-ring (bicyclic) bond motifs is 3. The largest absolute Gasteiger partial charge is 0.340 e. The van der Waals surface area contributed by atoms with Gasteiger partial charge in [-0.2, -0.15) is 0 Å². The van der Waals surface area contributed by atoms with E-state index < -0.39 is 0 Å². The Balaban J connectivity index is 1.47. The minimum atomic E-state index is 1.08. The van der Waals surface area contributed by atoms with Crippen molar-refractivity contribution in [2.45, 2.75) is 42.4 Å². The van der Waals surface area contributed by atoms with Crippen molar-refractivity contribution in [2.75, 3.05) is 11.4 Å². The van der Waals surface area contributed by atoms with Crippen LogP contribution in [-0.2, 0) is 12.8 Å². The lowest BCUT2D eigenvalue weighted by molar-refractivity contribution is 0.777. The van der Waals surface area contributed by atoms with E-state index in [1.807, 2.05) is 11.8 Å². The van der Waals surface area contributed by atoms with Crippen LogP contribution in [0, 0.1) is 0 Å². The van der Waals surface area contributed by atoms with Gasteiger partial charge in [-0.15, -0.1) is 0 Å². The van der Waals surface area contributed by atoms with Gasteiger partial charge in [-0.25, -0.2) is 0 Å². The van der Waals surface area contributed by atoms with E-state index in [2.05, 4.69) is 84.6 Å². The van der Waals surface area contributed by atoms with Crippen LogP contribution in [0.15, 0.2) is 82.1 Å². The van der Waals surface area contributed by atoms with Gasteiger partial charge >= 0.3 is 0 Å². The van der Waals surface area contributed by atoms with E-state index in [9.17, 15) is 0 Å². The van der Waals surface area contributed by atoms with E-state index in [1.165, 1.54) is 56.3 Å². The summed E-state index contributed by atoms with van der Waals surface area (Å²) in [6.07, 6.45) is 7.00. The number of unbranched alkanes of at least 4 members (excludes halogenated alkanes) is 1. The second-order valence-electron chi connectivity index (χ2n) is 7.73. The molecule has 0 saturated carbocycles. The standard InChI is InChI=1S/C26H25NS/c1-2-3-14-27-23-10-6-7-11-25(23)28-26-18-19(12-13-24(26)27)15-20-16-21-8-4-5-9-22(21)17-20/h4-13,15,18H,2-3,14,16-17H2,1H3. The maximum Gasteiger partial charge on any atom is 0.0553 e. The molecule has 0 spiro atoms. The lowest BCUT2D eigenvalue weighted by Gasteiger charge is -2.33.